The van der Waals surface area contributed by atoms with E-state index in [0.29, 0.717) is 11.3 Å². The first-order valence-electron chi connectivity index (χ1n) is 8.74. The number of fused-ring (bicyclic) bond motifs is 1. The summed E-state index contributed by atoms with van der Waals surface area (Å²) in [5.41, 5.74) is 0.925. The van der Waals surface area contributed by atoms with E-state index in [9.17, 15) is 13.6 Å². The maximum Gasteiger partial charge on any atom is 0.284 e. The molecule has 0 aliphatic rings. The smallest absolute Gasteiger partial charge is 0.284 e. The average Bonchev–Trinajstić information content (AvgIpc) is 3.39. The summed E-state index contributed by atoms with van der Waals surface area (Å²) >= 11 is 0. The molecule has 2 aromatic carbocycles. The SMILES string of the molecule is O=c1c2nnn(-c3ccc(F)cc3)c2ncn1Cc1nc(-c2ccc(F)cc2)no1. The molecule has 148 valence electrons. The molecule has 3 heterocycles. The van der Waals surface area contributed by atoms with Crippen LogP contribution in [-0.2, 0) is 6.54 Å². The topological polar surface area (TPSA) is 105 Å². The van der Waals surface area contributed by atoms with Gasteiger partial charge < -0.3 is 4.52 Å². The van der Waals surface area contributed by atoms with E-state index in [1.165, 1.54) is 64.1 Å². The van der Waals surface area contributed by atoms with Gasteiger partial charge in [-0.2, -0.15) is 9.67 Å². The largest absolute Gasteiger partial charge is 0.337 e. The van der Waals surface area contributed by atoms with Gasteiger partial charge in [0.25, 0.3) is 5.56 Å². The lowest BCUT2D eigenvalue weighted by atomic mass is 10.2. The van der Waals surface area contributed by atoms with Gasteiger partial charge in [0.15, 0.2) is 11.2 Å². The van der Waals surface area contributed by atoms with Crippen molar-refractivity contribution < 1.29 is 13.3 Å². The fourth-order valence-electron chi connectivity index (χ4n) is 2.89. The van der Waals surface area contributed by atoms with Crippen LogP contribution in [0.1, 0.15) is 5.89 Å². The number of halogens is 2. The zero-order valence-electron chi connectivity index (χ0n) is 15.1. The second-order valence-corrected chi connectivity index (χ2v) is 6.35. The van der Waals surface area contributed by atoms with Crippen molar-refractivity contribution in [3.8, 4) is 17.1 Å². The highest BCUT2D eigenvalue weighted by molar-refractivity contribution is 5.70. The van der Waals surface area contributed by atoms with Gasteiger partial charge in [-0.05, 0) is 48.5 Å². The minimum atomic E-state index is -0.449. The van der Waals surface area contributed by atoms with Gasteiger partial charge in [0.2, 0.25) is 11.7 Å². The van der Waals surface area contributed by atoms with Crippen LogP contribution in [0, 0.1) is 11.6 Å². The lowest BCUT2D eigenvalue weighted by Gasteiger charge is -2.03. The molecule has 0 radical (unpaired) electrons. The zero-order chi connectivity index (χ0) is 20.7. The molecule has 11 heteroatoms. The molecule has 0 aliphatic heterocycles. The normalized spacial score (nSPS) is 11.3. The maximum atomic E-state index is 13.1. The van der Waals surface area contributed by atoms with E-state index in [1.54, 1.807) is 0 Å². The van der Waals surface area contributed by atoms with E-state index in [-0.39, 0.29) is 35.2 Å². The Labute approximate surface area is 166 Å². The third-order valence-electron chi connectivity index (χ3n) is 4.38. The monoisotopic (exact) mass is 407 g/mol. The number of benzene rings is 2. The molecule has 0 N–H and O–H groups in total. The van der Waals surface area contributed by atoms with Crippen molar-refractivity contribution in [2.75, 3.05) is 0 Å². The summed E-state index contributed by atoms with van der Waals surface area (Å²) in [7, 11) is 0. The van der Waals surface area contributed by atoms with Crippen LogP contribution in [-0.4, -0.2) is 34.7 Å². The Hall–Kier alpha value is -4.28. The number of rotatable bonds is 4. The van der Waals surface area contributed by atoms with Crippen LogP contribution in [0.3, 0.4) is 0 Å². The Morgan fingerprint density at radius 3 is 2.40 bits per heavy atom. The predicted octanol–water partition coefficient (Wildman–Crippen LogP) is 2.35. The molecule has 0 saturated carbocycles. The van der Waals surface area contributed by atoms with E-state index < -0.39 is 11.4 Å². The molecule has 5 rings (SSSR count). The Kier molecular flexibility index (Phi) is 4.12. The van der Waals surface area contributed by atoms with Crippen LogP contribution in [0.4, 0.5) is 8.78 Å². The summed E-state index contributed by atoms with van der Waals surface area (Å²) < 4.78 is 34.0. The fourth-order valence-corrected chi connectivity index (χ4v) is 2.89. The quantitative estimate of drug-likeness (QED) is 0.450. The lowest BCUT2D eigenvalue weighted by Crippen LogP contribution is -2.21. The first-order chi connectivity index (χ1) is 14.6. The fraction of sp³-hybridized carbons (Fsp3) is 0.0526. The van der Waals surface area contributed by atoms with E-state index in [2.05, 4.69) is 25.4 Å². The summed E-state index contributed by atoms with van der Waals surface area (Å²) in [5, 5.41) is 11.7. The molecule has 0 unspecified atom stereocenters. The maximum absolute atomic E-state index is 13.1. The second-order valence-electron chi connectivity index (χ2n) is 6.35. The Balaban J connectivity index is 1.46. The summed E-state index contributed by atoms with van der Waals surface area (Å²) in [6.45, 7) is -0.0284. The van der Waals surface area contributed by atoms with Crippen molar-refractivity contribution in [3.05, 3.63) is 82.7 Å². The van der Waals surface area contributed by atoms with Crippen molar-refractivity contribution in [2.24, 2.45) is 0 Å². The first kappa shape index (κ1) is 17.8. The molecule has 0 bridgehead atoms. The molecule has 30 heavy (non-hydrogen) atoms. The Morgan fingerprint density at radius 1 is 0.967 bits per heavy atom. The Morgan fingerprint density at radius 2 is 1.67 bits per heavy atom. The molecular weight excluding hydrogens is 396 g/mol. The van der Waals surface area contributed by atoms with Crippen molar-refractivity contribution >= 4 is 11.2 Å². The van der Waals surface area contributed by atoms with Crippen LogP contribution < -0.4 is 5.56 Å². The molecule has 0 saturated heterocycles. The summed E-state index contributed by atoms with van der Waals surface area (Å²) in [6.07, 6.45) is 1.32. The zero-order valence-corrected chi connectivity index (χ0v) is 15.1. The van der Waals surface area contributed by atoms with Crippen molar-refractivity contribution in [2.45, 2.75) is 6.54 Å². The van der Waals surface area contributed by atoms with Gasteiger partial charge in [-0.25, -0.2) is 13.8 Å². The summed E-state index contributed by atoms with van der Waals surface area (Å²) in [6, 6.07) is 11.2. The minimum absolute atomic E-state index is 0.0284. The number of aromatic nitrogens is 7. The minimum Gasteiger partial charge on any atom is -0.337 e. The number of hydrogen-bond acceptors (Lipinski definition) is 7. The first-order valence-corrected chi connectivity index (χ1v) is 8.74. The Bertz CT molecular complexity index is 1410. The predicted molar refractivity (Wildman–Crippen MR) is 99.7 cm³/mol. The highest BCUT2D eigenvalue weighted by Crippen LogP contribution is 2.17. The standard InChI is InChI=1S/C19H11F2N7O2/c20-12-3-1-11(2-4-12)17-23-15(30-25-17)9-27-10-22-18-16(19(27)29)24-26-28(18)14-7-5-13(21)6-8-14/h1-8,10H,9H2. The van der Waals surface area contributed by atoms with Gasteiger partial charge in [0.05, 0.1) is 5.69 Å². The van der Waals surface area contributed by atoms with Gasteiger partial charge in [0.1, 0.15) is 24.5 Å². The van der Waals surface area contributed by atoms with Crippen LogP contribution in [0.15, 0.2) is 64.2 Å². The molecule has 0 amide bonds. The molecule has 5 aromatic rings. The van der Waals surface area contributed by atoms with Crippen LogP contribution in [0.2, 0.25) is 0 Å². The summed E-state index contributed by atoms with van der Waals surface area (Å²) in [5.74, 6) is -0.321. The van der Waals surface area contributed by atoms with Crippen LogP contribution in [0.25, 0.3) is 28.2 Å². The molecular formula is C19H11F2N7O2. The van der Waals surface area contributed by atoms with E-state index in [4.69, 9.17) is 4.52 Å². The molecule has 3 aromatic heterocycles. The van der Waals surface area contributed by atoms with E-state index in [1.807, 2.05) is 0 Å². The number of hydrogen-bond donors (Lipinski definition) is 0. The van der Waals surface area contributed by atoms with E-state index >= 15 is 0 Å². The lowest BCUT2D eigenvalue weighted by molar-refractivity contribution is 0.369. The van der Waals surface area contributed by atoms with Crippen LogP contribution >= 0.6 is 0 Å². The number of nitrogens with zero attached hydrogens (tertiary/aromatic N) is 7. The van der Waals surface area contributed by atoms with E-state index in [0.717, 1.165) is 0 Å². The van der Waals surface area contributed by atoms with Gasteiger partial charge in [0, 0.05) is 5.56 Å². The third-order valence-corrected chi connectivity index (χ3v) is 4.38. The highest BCUT2D eigenvalue weighted by Gasteiger charge is 2.16. The summed E-state index contributed by atoms with van der Waals surface area (Å²) in [4.78, 5) is 21.2. The van der Waals surface area contributed by atoms with Gasteiger partial charge in [-0.1, -0.05) is 10.4 Å². The second kappa shape index (κ2) is 6.95. The van der Waals surface area contributed by atoms with Gasteiger partial charge in [-0.15, -0.1) is 5.10 Å². The third kappa shape index (κ3) is 3.11. The van der Waals surface area contributed by atoms with Gasteiger partial charge in [-0.3, -0.25) is 9.36 Å². The van der Waals surface area contributed by atoms with Gasteiger partial charge >= 0.3 is 0 Å². The molecule has 0 aliphatic carbocycles. The van der Waals surface area contributed by atoms with Crippen molar-refractivity contribution in [1.29, 1.82) is 0 Å². The van der Waals surface area contributed by atoms with Crippen molar-refractivity contribution in [3.63, 3.8) is 0 Å². The van der Waals surface area contributed by atoms with Crippen molar-refractivity contribution in [1.82, 2.24) is 34.7 Å². The molecule has 0 spiro atoms. The molecule has 0 fully saturated rings. The molecule has 9 nitrogen and oxygen atoms in total. The van der Waals surface area contributed by atoms with Crippen LogP contribution in [0.5, 0.6) is 0 Å². The molecule has 0 atom stereocenters. The highest BCUT2D eigenvalue weighted by atomic mass is 19.1. The average molecular weight is 407 g/mol.